The lowest BCUT2D eigenvalue weighted by Crippen LogP contribution is -2.37. The summed E-state index contributed by atoms with van der Waals surface area (Å²) in [6.45, 7) is 2.11. The third-order valence-electron chi connectivity index (χ3n) is 3.04. The van der Waals surface area contributed by atoms with E-state index in [1.807, 2.05) is 0 Å². The van der Waals surface area contributed by atoms with Crippen LogP contribution < -0.4 is 10.6 Å². The normalized spacial score (nSPS) is 20.6. The highest BCUT2D eigenvalue weighted by molar-refractivity contribution is 9.10. The van der Waals surface area contributed by atoms with Crippen molar-refractivity contribution >= 4 is 27.7 Å². The number of aromatic nitrogens is 2. The molecule has 2 rings (SSSR count). The second kappa shape index (κ2) is 5.64. The number of hydrogen-bond donors (Lipinski definition) is 2. The molecule has 1 saturated heterocycles. The molecule has 1 aliphatic heterocycles. The zero-order valence-electron chi connectivity index (χ0n) is 9.64. The van der Waals surface area contributed by atoms with Crippen molar-refractivity contribution in [2.24, 2.45) is 5.92 Å². The highest BCUT2D eigenvalue weighted by atomic mass is 79.9. The van der Waals surface area contributed by atoms with Crippen molar-refractivity contribution in [3.05, 3.63) is 10.7 Å². The van der Waals surface area contributed by atoms with Crippen molar-refractivity contribution in [1.82, 2.24) is 9.97 Å². The zero-order chi connectivity index (χ0) is 12.3. The van der Waals surface area contributed by atoms with Crippen LogP contribution in [0.25, 0.3) is 0 Å². The van der Waals surface area contributed by atoms with E-state index in [4.69, 9.17) is 10.8 Å². The van der Waals surface area contributed by atoms with Gasteiger partial charge in [-0.25, -0.2) is 4.98 Å². The van der Waals surface area contributed by atoms with Crippen LogP contribution in [0.5, 0.6) is 0 Å². The maximum Gasteiger partial charge on any atom is 0.228 e. The Labute approximate surface area is 109 Å². The molecule has 1 aromatic heterocycles. The number of hydrogen-bond acceptors (Lipinski definition) is 5. The average Bonchev–Trinajstić information content (AvgIpc) is 2.28. The summed E-state index contributed by atoms with van der Waals surface area (Å²) in [6.07, 6.45) is 3.13. The van der Waals surface area contributed by atoms with Crippen LogP contribution in [0, 0.1) is 5.92 Å². The van der Waals surface area contributed by atoms with Crippen LogP contribution in [0.1, 0.15) is 19.3 Å². The fourth-order valence-electron chi connectivity index (χ4n) is 2.23. The molecule has 5 nitrogen and oxygen atoms in total. The predicted molar refractivity (Wildman–Crippen MR) is 70.8 cm³/mol. The van der Waals surface area contributed by atoms with Crippen LogP contribution in [-0.2, 0) is 0 Å². The molecule has 6 heteroatoms. The Bertz CT molecular complexity index is 365. The van der Waals surface area contributed by atoms with Gasteiger partial charge in [0.05, 0.1) is 0 Å². The Morgan fingerprint density at radius 3 is 3.06 bits per heavy atom. The number of nitrogens with two attached hydrogens (primary N) is 1. The first-order valence-corrected chi connectivity index (χ1v) is 6.64. The molecule has 2 heterocycles. The number of piperidine rings is 1. The fourth-order valence-corrected chi connectivity index (χ4v) is 2.62. The Kier molecular flexibility index (Phi) is 4.17. The molecule has 0 bridgehead atoms. The van der Waals surface area contributed by atoms with Crippen LogP contribution in [-0.4, -0.2) is 34.8 Å². The quantitative estimate of drug-likeness (QED) is 0.826. The van der Waals surface area contributed by atoms with Gasteiger partial charge in [0.15, 0.2) is 0 Å². The van der Waals surface area contributed by atoms with E-state index in [2.05, 4.69) is 30.8 Å². The van der Waals surface area contributed by atoms with Gasteiger partial charge in [-0.1, -0.05) is 0 Å². The van der Waals surface area contributed by atoms with Gasteiger partial charge in [-0.15, -0.1) is 0 Å². The van der Waals surface area contributed by atoms with Crippen LogP contribution in [0.3, 0.4) is 0 Å². The topological polar surface area (TPSA) is 75.3 Å². The third kappa shape index (κ3) is 3.29. The van der Waals surface area contributed by atoms with E-state index >= 15 is 0 Å². The van der Waals surface area contributed by atoms with E-state index in [0.717, 1.165) is 25.9 Å². The molecule has 17 heavy (non-hydrogen) atoms. The van der Waals surface area contributed by atoms with Crippen molar-refractivity contribution in [3.63, 3.8) is 0 Å². The smallest absolute Gasteiger partial charge is 0.228 e. The lowest BCUT2D eigenvalue weighted by molar-refractivity contribution is 0.244. The monoisotopic (exact) mass is 300 g/mol. The Morgan fingerprint density at radius 2 is 2.35 bits per heavy atom. The third-order valence-corrected chi connectivity index (χ3v) is 3.45. The molecule has 1 fully saturated rings. The van der Waals surface area contributed by atoms with Crippen molar-refractivity contribution in [1.29, 1.82) is 0 Å². The largest absolute Gasteiger partial charge is 0.396 e. The number of nitrogens with zero attached hydrogens (tertiary/aromatic N) is 3. The summed E-state index contributed by atoms with van der Waals surface area (Å²) >= 11 is 3.33. The predicted octanol–water partition coefficient (Wildman–Crippen LogP) is 1.42. The first-order valence-electron chi connectivity index (χ1n) is 5.85. The summed E-state index contributed by atoms with van der Waals surface area (Å²) in [6, 6.07) is 1.69. The highest BCUT2D eigenvalue weighted by Gasteiger charge is 2.21. The zero-order valence-corrected chi connectivity index (χ0v) is 11.2. The summed E-state index contributed by atoms with van der Waals surface area (Å²) in [5, 5.41) is 8.99. The van der Waals surface area contributed by atoms with Gasteiger partial charge >= 0.3 is 0 Å². The lowest BCUT2D eigenvalue weighted by Gasteiger charge is -2.32. The summed E-state index contributed by atoms with van der Waals surface area (Å²) < 4.78 is 0.712. The van der Waals surface area contributed by atoms with E-state index in [1.54, 1.807) is 6.07 Å². The number of halogens is 1. The number of aliphatic hydroxyl groups excluding tert-OH is 1. The SMILES string of the molecule is Nc1cc(Br)nc(N2CCCC(CCO)C2)n1. The summed E-state index contributed by atoms with van der Waals surface area (Å²) in [4.78, 5) is 10.7. The number of nitrogen functional groups attached to an aromatic ring is 1. The minimum atomic E-state index is 0.250. The maximum absolute atomic E-state index is 8.99. The van der Waals surface area contributed by atoms with Gasteiger partial charge in [-0.3, -0.25) is 0 Å². The molecule has 0 radical (unpaired) electrons. The number of rotatable bonds is 3. The van der Waals surface area contributed by atoms with Gasteiger partial charge in [0.1, 0.15) is 10.4 Å². The molecule has 1 aliphatic rings. The standard InChI is InChI=1S/C11H17BrN4O/c12-9-6-10(13)15-11(14-9)16-4-1-2-8(7-16)3-5-17/h6,8,17H,1-5,7H2,(H2,13,14,15). The number of anilines is 2. The van der Waals surface area contributed by atoms with Crippen molar-refractivity contribution in [2.75, 3.05) is 30.3 Å². The maximum atomic E-state index is 8.99. The second-order valence-corrected chi connectivity index (χ2v) is 5.19. The van der Waals surface area contributed by atoms with E-state index in [-0.39, 0.29) is 6.61 Å². The summed E-state index contributed by atoms with van der Waals surface area (Å²) in [7, 11) is 0. The molecule has 0 aliphatic carbocycles. The van der Waals surface area contributed by atoms with Gasteiger partial charge in [0.25, 0.3) is 0 Å². The molecular formula is C11H17BrN4O. The van der Waals surface area contributed by atoms with Crippen LogP contribution in [0.4, 0.5) is 11.8 Å². The molecule has 0 aromatic carbocycles. The van der Waals surface area contributed by atoms with Gasteiger partial charge in [0, 0.05) is 25.8 Å². The Hall–Kier alpha value is -0.880. The van der Waals surface area contributed by atoms with Gasteiger partial charge in [-0.2, -0.15) is 4.98 Å². The molecule has 94 valence electrons. The first kappa shape index (κ1) is 12.6. The molecule has 1 aromatic rings. The second-order valence-electron chi connectivity index (χ2n) is 4.38. The molecule has 1 unspecified atom stereocenters. The van der Waals surface area contributed by atoms with E-state index in [0.29, 0.717) is 22.3 Å². The summed E-state index contributed by atoms with van der Waals surface area (Å²) in [5.74, 6) is 1.68. The molecule has 1 atom stereocenters. The molecular weight excluding hydrogens is 284 g/mol. The van der Waals surface area contributed by atoms with Crippen molar-refractivity contribution in [2.45, 2.75) is 19.3 Å². The van der Waals surface area contributed by atoms with Crippen LogP contribution in [0.2, 0.25) is 0 Å². The molecule has 0 saturated carbocycles. The van der Waals surface area contributed by atoms with E-state index in [1.165, 1.54) is 6.42 Å². The molecule has 3 N–H and O–H groups in total. The Morgan fingerprint density at radius 1 is 1.53 bits per heavy atom. The minimum absolute atomic E-state index is 0.250. The van der Waals surface area contributed by atoms with E-state index < -0.39 is 0 Å². The molecule has 0 spiro atoms. The summed E-state index contributed by atoms with van der Waals surface area (Å²) in [5.41, 5.74) is 5.71. The van der Waals surface area contributed by atoms with Gasteiger partial charge < -0.3 is 15.7 Å². The average molecular weight is 301 g/mol. The van der Waals surface area contributed by atoms with Gasteiger partial charge in [0.2, 0.25) is 5.95 Å². The van der Waals surface area contributed by atoms with Crippen molar-refractivity contribution < 1.29 is 5.11 Å². The lowest BCUT2D eigenvalue weighted by atomic mass is 9.95. The minimum Gasteiger partial charge on any atom is -0.396 e. The Balaban J connectivity index is 2.10. The van der Waals surface area contributed by atoms with E-state index in [9.17, 15) is 0 Å². The highest BCUT2D eigenvalue weighted by Crippen LogP contribution is 2.24. The van der Waals surface area contributed by atoms with Crippen molar-refractivity contribution in [3.8, 4) is 0 Å². The molecule has 0 amide bonds. The first-order chi connectivity index (χ1) is 8.19. The fraction of sp³-hybridized carbons (Fsp3) is 0.636. The van der Waals surface area contributed by atoms with Crippen LogP contribution in [0.15, 0.2) is 10.7 Å². The van der Waals surface area contributed by atoms with Crippen LogP contribution >= 0.6 is 15.9 Å². The van der Waals surface area contributed by atoms with Gasteiger partial charge in [-0.05, 0) is 41.1 Å². The number of aliphatic hydroxyl groups is 1.